The first-order valence-electron chi connectivity index (χ1n) is 8.78. The molecule has 7 heteroatoms. The van der Waals surface area contributed by atoms with Gasteiger partial charge in [-0.15, -0.1) is 0 Å². The van der Waals surface area contributed by atoms with E-state index in [0.717, 1.165) is 52.8 Å². The van der Waals surface area contributed by atoms with Gasteiger partial charge in [0.25, 0.3) is 0 Å². The van der Waals surface area contributed by atoms with Crippen LogP contribution in [-0.2, 0) is 16.1 Å². The zero-order valence-corrected chi connectivity index (χ0v) is 15.1. The lowest BCUT2D eigenvalue weighted by Crippen LogP contribution is -2.37. The lowest BCUT2D eigenvalue weighted by atomic mass is 10.2. The van der Waals surface area contributed by atoms with Crippen LogP contribution in [0.2, 0.25) is 0 Å². The van der Waals surface area contributed by atoms with Gasteiger partial charge in [-0.25, -0.2) is 0 Å². The van der Waals surface area contributed by atoms with Crippen molar-refractivity contribution >= 4 is 28.5 Å². The number of aryl methyl sites for hydroxylation is 1. The van der Waals surface area contributed by atoms with E-state index in [-0.39, 0.29) is 0 Å². The Morgan fingerprint density at radius 2 is 2.08 bits per heavy atom. The summed E-state index contributed by atoms with van der Waals surface area (Å²) < 4.78 is 10.7. The van der Waals surface area contributed by atoms with Gasteiger partial charge in [-0.05, 0) is 30.7 Å². The zero-order valence-electron chi connectivity index (χ0n) is 15.1. The van der Waals surface area contributed by atoms with E-state index in [4.69, 9.17) is 19.4 Å². The molecule has 1 fully saturated rings. The molecule has 2 N–H and O–H groups in total. The minimum Gasteiger partial charge on any atom is -0.380 e. The molecule has 1 aromatic carbocycles. The number of hydrogen-bond acceptors (Lipinski definition) is 6. The van der Waals surface area contributed by atoms with E-state index in [1.807, 2.05) is 25.1 Å². The first-order valence-corrected chi connectivity index (χ1v) is 8.78. The van der Waals surface area contributed by atoms with Crippen molar-refractivity contribution < 1.29 is 9.47 Å². The largest absolute Gasteiger partial charge is 0.380 e. The molecule has 2 aromatic heterocycles. The Balaban J connectivity index is 1.71. The van der Waals surface area contributed by atoms with E-state index in [2.05, 4.69) is 27.3 Å². The Bertz CT molecular complexity index is 902. The maximum atomic E-state index is 5.44. The first-order chi connectivity index (χ1) is 12.7. The summed E-state index contributed by atoms with van der Waals surface area (Å²) in [6.07, 6.45) is 0. The Morgan fingerprint density at radius 1 is 1.23 bits per heavy atom. The number of hydrogen-bond donors (Lipinski definition) is 2. The smallest absolute Gasteiger partial charge is 0.229 e. The van der Waals surface area contributed by atoms with E-state index in [1.54, 1.807) is 7.11 Å². The normalized spacial score (nSPS) is 14.8. The molecule has 3 aromatic rings. The number of aromatic nitrogens is 3. The highest BCUT2D eigenvalue weighted by molar-refractivity contribution is 5.90. The topological polar surface area (TPSA) is 75.3 Å². The summed E-state index contributed by atoms with van der Waals surface area (Å²) >= 11 is 0. The van der Waals surface area contributed by atoms with Gasteiger partial charge in [-0.1, -0.05) is 12.1 Å². The second kappa shape index (κ2) is 7.31. The number of aromatic amines is 1. The van der Waals surface area contributed by atoms with Crippen molar-refractivity contribution in [2.24, 2.45) is 0 Å². The molecule has 0 spiro atoms. The van der Waals surface area contributed by atoms with E-state index < -0.39 is 0 Å². The number of morpholine rings is 1. The Hall–Kier alpha value is -2.64. The van der Waals surface area contributed by atoms with Crippen LogP contribution in [0, 0.1) is 6.92 Å². The second-order valence-corrected chi connectivity index (χ2v) is 6.44. The number of benzene rings is 1. The van der Waals surface area contributed by atoms with E-state index >= 15 is 0 Å². The van der Waals surface area contributed by atoms with Crippen molar-refractivity contribution in [2.45, 2.75) is 13.5 Å². The van der Waals surface area contributed by atoms with Crippen LogP contribution >= 0.6 is 0 Å². The van der Waals surface area contributed by atoms with Crippen LogP contribution in [0.4, 0.5) is 17.5 Å². The molecule has 7 nitrogen and oxygen atoms in total. The maximum absolute atomic E-state index is 5.44. The Kier molecular flexibility index (Phi) is 4.73. The number of rotatable bonds is 5. The molecule has 1 aliphatic rings. The monoisotopic (exact) mass is 353 g/mol. The van der Waals surface area contributed by atoms with Crippen LogP contribution in [0.5, 0.6) is 0 Å². The number of nitrogens with one attached hydrogen (secondary N) is 2. The number of anilines is 3. The fraction of sp³-hybridized carbons (Fsp3) is 0.368. The average molecular weight is 353 g/mol. The minimum atomic E-state index is 0.580. The van der Waals surface area contributed by atoms with E-state index in [1.165, 1.54) is 0 Å². The van der Waals surface area contributed by atoms with Gasteiger partial charge in [0.1, 0.15) is 11.5 Å². The summed E-state index contributed by atoms with van der Waals surface area (Å²) in [5, 5.41) is 4.44. The van der Waals surface area contributed by atoms with Gasteiger partial charge in [0, 0.05) is 31.6 Å². The minimum absolute atomic E-state index is 0.580. The molecule has 0 radical (unpaired) electrons. The number of methoxy groups -OCH3 is 1. The van der Waals surface area contributed by atoms with Crippen LogP contribution in [0.15, 0.2) is 30.3 Å². The second-order valence-electron chi connectivity index (χ2n) is 6.44. The SMILES string of the molecule is COCc1cccc(Nc2nc(N3CCOCC3)nc3[nH]c(C)cc23)c1. The Labute approximate surface area is 152 Å². The lowest BCUT2D eigenvalue weighted by molar-refractivity contribution is 0.122. The highest BCUT2D eigenvalue weighted by Gasteiger charge is 2.17. The van der Waals surface area contributed by atoms with Crippen LogP contribution in [0.1, 0.15) is 11.3 Å². The third kappa shape index (κ3) is 3.49. The van der Waals surface area contributed by atoms with Crippen molar-refractivity contribution in [1.82, 2.24) is 15.0 Å². The van der Waals surface area contributed by atoms with E-state index in [9.17, 15) is 0 Å². The number of H-pyrrole nitrogens is 1. The molecule has 136 valence electrons. The molecule has 0 unspecified atom stereocenters. The predicted octanol–water partition coefficient (Wildman–Crippen LogP) is 2.99. The van der Waals surface area contributed by atoms with Crippen molar-refractivity contribution in [3.8, 4) is 0 Å². The summed E-state index contributed by atoms with van der Waals surface area (Å²) in [7, 11) is 1.70. The fourth-order valence-corrected chi connectivity index (χ4v) is 3.17. The van der Waals surface area contributed by atoms with Gasteiger partial charge in [0.2, 0.25) is 5.95 Å². The van der Waals surface area contributed by atoms with Gasteiger partial charge in [0.15, 0.2) is 0 Å². The van der Waals surface area contributed by atoms with Gasteiger partial charge < -0.3 is 24.7 Å². The summed E-state index contributed by atoms with van der Waals surface area (Å²) in [5.41, 5.74) is 3.99. The van der Waals surface area contributed by atoms with Crippen LogP contribution in [-0.4, -0.2) is 48.4 Å². The molecular formula is C19H23N5O2. The molecule has 4 rings (SSSR count). The van der Waals surface area contributed by atoms with Gasteiger partial charge in [-0.3, -0.25) is 0 Å². The molecule has 0 bridgehead atoms. The molecule has 0 amide bonds. The summed E-state index contributed by atoms with van der Waals surface area (Å²) in [6.45, 7) is 5.61. The van der Waals surface area contributed by atoms with Crippen LogP contribution in [0.3, 0.4) is 0 Å². The molecule has 0 aliphatic carbocycles. The molecular weight excluding hydrogens is 330 g/mol. The predicted molar refractivity (Wildman–Crippen MR) is 102 cm³/mol. The van der Waals surface area contributed by atoms with Crippen molar-refractivity contribution in [3.63, 3.8) is 0 Å². The Morgan fingerprint density at radius 3 is 2.88 bits per heavy atom. The standard InChI is InChI=1S/C19H23N5O2/c1-13-10-16-17(20-13)22-19(24-6-8-26-9-7-24)23-18(16)21-15-5-3-4-14(11-15)12-25-2/h3-5,10-11H,6-9,12H2,1-2H3,(H2,20,21,22,23). The van der Waals surface area contributed by atoms with Crippen molar-refractivity contribution in [2.75, 3.05) is 43.6 Å². The molecule has 0 saturated carbocycles. The third-order valence-electron chi connectivity index (χ3n) is 4.40. The summed E-state index contributed by atoms with van der Waals surface area (Å²) in [5.74, 6) is 1.52. The number of ether oxygens (including phenoxy) is 2. The van der Waals surface area contributed by atoms with E-state index in [0.29, 0.717) is 19.8 Å². The van der Waals surface area contributed by atoms with Gasteiger partial charge in [0.05, 0.1) is 25.2 Å². The van der Waals surface area contributed by atoms with Crippen molar-refractivity contribution in [1.29, 1.82) is 0 Å². The fourth-order valence-electron chi connectivity index (χ4n) is 3.17. The highest BCUT2D eigenvalue weighted by atomic mass is 16.5. The molecule has 26 heavy (non-hydrogen) atoms. The van der Waals surface area contributed by atoms with Gasteiger partial charge >= 0.3 is 0 Å². The highest BCUT2D eigenvalue weighted by Crippen LogP contribution is 2.27. The zero-order chi connectivity index (χ0) is 17.9. The summed E-state index contributed by atoms with van der Waals surface area (Å²) in [6, 6.07) is 10.2. The molecule has 1 saturated heterocycles. The third-order valence-corrected chi connectivity index (χ3v) is 4.40. The molecule has 3 heterocycles. The number of nitrogens with zero attached hydrogens (tertiary/aromatic N) is 3. The molecule has 0 atom stereocenters. The summed E-state index contributed by atoms with van der Waals surface area (Å²) in [4.78, 5) is 15.0. The lowest BCUT2D eigenvalue weighted by Gasteiger charge is -2.27. The van der Waals surface area contributed by atoms with Gasteiger partial charge in [-0.2, -0.15) is 9.97 Å². The van der Waals surface area contributed by atoms with Crippen LogP contribution < -0.4 is 10.2 Å². The van der Waals surface area contributed by atoms with Crippen molar-refractivity contribution in [3.05, 3.63) is 41.6 Å². The number of fused-ring (bicyclic) bond motifs is 1. The maximum Gasteiger partial charge on any atom is 0.229 e. The first kappa shape index (κ1) is 16.8. The average Bonchev–Trinajstić information content (AvgIpc) is 3.04. The van der Waals surface area contributed by atoms with Crippen LogP contribution in [0.25, 0.3) is 11.0 Å². The quantitative estimate of drug-likeness (QED) is 0.734. The molecule has 1 aliphatic heterocycles.